The summed E-state index contributed by atoms with van der Waals surface area (Å²) in [6, 6.07) is 7.21. The maximum atomic E-state index is 12.3. The van der Waals surface area contributed by atoms with E-state index < -0.39 is 29.0 Å². The predicted octanol–water partition coefficient (Wildman–Crippen LogP) is 1.01. The Morgan fingerprint density at radius 2 is 1.86 bits per heavy atom. The lowest BCUT2D eigenvalue weighted by Crippen LogP contribution is -2.36. The Morgan fingerprint density at radius 1 is 1.27 bits per heavy atom. The maximum absolute atomic E-state index is 12.3. The Balaban J connectivity index is 1.94. The second-order valence-electron chi connectivity index (χ2n) is 5.32. The quantitative estimate of drug-likeness (QED) is 0.873. The van der Waals surface area contributed by atoms with E-state index in [1.165, 1.54) is 4.90 Å². The van der Waals surface area contributed by atoms with E-state index in [-0.39, 0.29) is 5.91 Å². The zero-order chi connectivity index (χ0) is 16.3. The summed E-state index contributed by atoms with van der Waals surface area (Å²) in [5, 5.41) is 8.88. The fourth-order valence-electron chi connectivity index (χ4n) is 2.38. The molecule has 1 aromatic carbocycles. The van der Waals surface area contributed by atoms with Crippen molar-refractivity contribution in [1.82, 2.24) is 4.90 Å². The predicted molar refractivity (Wildman–Crippen MR) is 80.8 cm³/mol. The first-order chi connectivity index (χ1) is 10.4. The first-order valence-electron chi connectivity index (χ1n) is 6.94. The minimum absolute atomic E-state index is 0.216. The van der Waals surface area contributed by atoms with Crippen molar-refractivity contribution < 1.29 is 23.6 Å². The molecule has 0 aliphatic carbocycles. The fraction of sp³-hybridized carbons (Fsp3) is 0.467. The van der Waals surface area contributed by atoms with Crippen molar-refractivity contribution in [2.24, 2.45) is 0 Å². The van der Waals surface area contributed by atoms with E-state index >= 15 is 0 Å². The zero-order valence-corrected chi connectivity index (χ0v) is 13.3. The fourth-order valence-corrected chi connectivity index (χ4v) is 2.90. The molecular weight excluding hydrogens is 306 g/mol. The van der Waals surface area contributed by atoms with Gasteiger partial charge in [0.25, 0.3) is 5.91 Å². The second kappa shape index (κ2) is 7.02. The third-order valence-electron chi connectivity index (χ3n) is 3.62. The van der Waals surface area contributed by atoms with Crippen molar-refractivity contribution in [1.29, 1.82) is 0 Å². The van der Waals surface area contributed by atoms with Gasteiger partial charge >= 0.3 is 5.97 Å². The van der Waals surface area contributed by atoms with Gasteiger partial charge in [0.15, 0.2) is 6.10 Å². The number of amides is 1. The van der Waals surface area contributed by atoms with Gasteiger partial charge in [0, 0.05) is 35.5 Å². The highest BCUT2D eigenvalue weighted by Crippen LogP contribution is 2.22. The topological polar surface area (TPSA) is 83.9 Å². The molecule has 1 heterocycles. The average molecular weight is 325 g/mol. The lowest BCUT2D eigenvalue weighted by molar-refractivity contribution is -0.154. The van der Waals surface area contributed by atoms with Crippen molar-refractivity contribution in [3.05, 3.63) is 29.8 Å². The van der Waals surface area contributed by atoms with Gasteiger partial charge in [-0.05, 0) is 30.5 Å². The second-order valence-corrected chi connectivity index (χ2v) is 6.70. The van der Waals surface area contributed by atoms with Crippen molar-refractivity contribution in [2.45, 2.75) is 36.5 Å². The standard InChI is InChI=1S/C15H19NO5S/c1-16(9-10-3-5-11(6-4-10)22(2)20)14(17)12-7-8-13(21-12)15(18)19/h3-6,12-13H,7-9H2,1-2H3,(H,18,19)/t12-,13+,22?/m0/s1. The van der Waals surface area contributed by atoms with Crippen molar-refractivity contribution >= 4 is 22.7 Å². The first kappa shape index (κ1) is 16.6. The lowest BCUT2D eigenvalue weighted by Gasteiger charge is -2.21. The summed E-state index contributed by atoms with van der Waals surface area (Å²) < 4.78 is 16.6. The van der Waals surface area contributed by atoms with Crippen LogP contribution in [0, 0.1) is 0 Å². The van der Waals surface area contributed by atoms with Crippen molar-refractivity contribution in [3.8, 4) is 0 Å². The number of carbonyl (C=O) groups is 2. The molecular formula is C15H19NO5S. The van der Waals surface area contributed by atoms with Gasteiger partial charge in [-0.1, -0.05) is 12.1 Å². The number of likely N-dealkylation sites (N-methyl/N-ethyl adjacent to an activating group) is 1. The molecule has 1 aliphatic rings. The van der Waals surface area contributed by atoms with E-state index in [0.717, 1.165) is 10.5 Å². The van der Waals surface area contributed by atoms with Gasteiger partial charge < -0.3 is 14.7 Å². The molecule has 0 bridgehead atoms. The molecule has 0 saturated carbocycles. The normalized spacial score (nSPS) is 22.3. The van der Waals surface area contributed by atoms with Crippen LogP contribution < -0.4 is 0 Å². The van der Waals surface area contributed by atoms with Gasteiger partial charge in [0.2, 0.25) is 0 Å². The van der Waals surface area contributed by atoms with Crippen LogP contribution in [-0.2, 0) is 31.7 Å². The van der Waals surface area contributed by atoms with Crippen LogP contribution >= 0.6 is 0 Å². The highest BCUT2D eigenvalue weighted by Gasteiger charge is 2.35. The molecule has 2 rings (SSSR count). The molecule has 0 radical (unpaired) electrons. The maximum Gasteiger partial charge on any atom is 0.332 e. The van der Waals surface area contributed by atoms with Crippen molar-refractivity contribution in [2.75, 3.05) is 13.3 Å². The Labute approximate surface area is 131 Å². The average Bonchev–Trinajstić information content (AvgIpc) is 2.97. The number of rotatable bonds is 5. The Hall–Kier alpha value is -1.73. The largest absolute Gasteiger partial charge is 0.479 e. The first-order valence-corrected chi connectivity index (χ1v) is 8.50. The number of ether oxygens (including phenoxy) is 1. The van der Waals surface area contributed by atoms with Gasteiger partial charge in [-0.15, -0.1) is 0 Å². The molecule has 3 atom stereocenters. The Kier molecular flexibility index (Phi) is 5.31. The smallest absolute Gasteiger partial charge is 0.332 e. The van der Waals surface area contributed by atoms with Crippen LogP contribution in [0.5, 0.6) is 0 Å². The molecule has 120 valence electrons. The summed E-state index contributed by atoms with van der Waals surface area (Å²) in [5.41, 5.74) is 0.915. The van der Waals surface area contributed by atoms with Crippen LogP contribution in [0.1, 0.15) is 18.4 Å². The van der Waals surface area contributed by atoms with Gasteiger partial charge in [0.05, 0.1) is 0 Å². The van der Waals surface area contributed by atoms with E-state index in [1.807, 2.05) is 12.1 Å². The monoisotopic (exact) mass is 325 g/mol. The van der Waals surface area contributed by atoms with Gasteiger partial charge in [-0.25, -0.2) is 4.79 Å². The van der Waals surface area contributed by atoms with E-state index in [4.69, 9.17) is 9.84 Å². The van der Waals surface area contributed by atoms with E-state index in [1.54, 1.807) is 25.4 Å². The summed E-state index contributed by atoms with van der Waals surface area (Å²) >= 11 is 0. The Bertz CT molecular complexity index is 586. The van der Waals surface area contributed by atoms with Gasteiger partial charge in [0.1, 0.15) is 6.10 Å². The molecule has 0 spiro atoms. The van der Waals surface area contributed by atoms with E-state index in [0.29, 0.717) is 19.4 Å². The Morgan fingerprint density at radius 3 is 2.36 bits per heavy atom. The third kappa shape index (κ3) is 3.92. The SMILES string of the molecule is CN(Cc1ccc(S(C)=O)cc1)C(=O)[C@@H]1CC[C@H](C(=O)O)O1. The number of hydrogen-bond donors (Lipinski definition) is 1. The lowest BCUT2D eigenvalue weighted by atomic mass is 10.1. The number of benzene rings is 1. The van der Waals surface area contributed by atoms with E-state index in [9.17, 15) is 13.8 Å². The molecule has 6 nitrogen and oxygen atoms in total. The summed E-state index contributed by atoms with van der Waals surface area (Å²) in [6.07, 6.45) is 0.820. The van der Waals surface area contributed by atoms with Crippen LogP contribution in [0.4, 0.5) is 0 Å². The van der Waals surface area contributed by atoms with Crippen LogP contribution in [0.3, 0.4) is 0 Å². The summed E-state index contributed by atoms with van der Waals surface area (Å²) in [7, 11) is 0.633. The molecule has 7 heteroatoms. The van der Waals surface area contributed by atoms with Crippen LogP contribution in [0.25, 0.3) is 0 Å². The van der Waals surface area contributed by atoms with Crippen LogP contribution in [0.15, 0.2) is 29.2 Å². The highest BCUT2D eigenvalue weighted by atomic mass is 32.2. The summed E-state index contributed by atoms with van der Waals surface area (Å²) in [6.45, 7) is 0.396. The van der Waals surface area contributed by atoms with E-state index in [2.05, 4.69) is 0 Å². The number of carboxylic acid groups (broad SMARTS) is 1. The minimum atomic E-state index is -1.03. The molecule has 1 fully saturated rings. The molecule has 1 saturated heterocycles. The number of carboxylic acids is 1. The number of nitrogens with zero attached hydrogens (tertiary/aromatic N) is 1. The third-order valence-corrected chi connectivity index (χ3v) is 4.56. The van der Waals surface area contributed by atoms with Gasteiger partial charge in [-0.3, -0.25) is 9.00 Å². The number of hydrogen-bond acceptors (Lipinski definition) is 4. The van der Waals surface area contributed by atoms with Crippen LogP contribution in [-0.4, -0.2) is 51.6 Å². The van der Waals surface area contributed by atoms with Crippen molar-refractivity contribution in [3.63, 3.8) is 0 Å². The molecule has 0 aromatic heterocycles. The summed E-state index contributed by atoms with van der Waals surface area (Å²) in [5.74, 6) is -1.24. The van der Waals surface area contributed by atoms with Crippen LogP contribution in [0.2, 0.25) is 0 Å². The zero-order valence-electron chi connectivity index (χ0n) is 12.5. The van der Waals surface area contributed by atoms with Gasteiger partial charge in [-0.2, -0.15) is 0 Å². The molecule has 1 aromatic rings. The molecule has 1 amide bonds. The molecule has 1 aliphatic heterocycles. The summed E-state index contributed by atoms with van der Waals surface area (Å²) in [4.78, 5) is 25.4. The molecule has 1 N–H and O–H groups in total. The minimum Gasteiger partial charge on any atom is -0.479 e. The molecule has 1 unspecified atom stereocenters. The number of carbonyl (C=O) groups excluding carboxylic acids is 1. The molecule has 22 heavy (non-hydrogen) atoms. The number of aliphatic carboxylic acids is 1. The highest BCUT2D eigenvalue weighted by molar-refractivity contribution is 7.84.